The summed E-state index contributed by atoms with van der Waals surface area (Å²) in [6.07, 6.45) is 1.87. The standard InChI is InChI=1S/C13H19Br2N3O2S/c1-17-5-3-4-10(8-17)18(2)21(19,20)13-11(15)6-9(14)7-12(13)16/h6-7,10H,3-5,8,16H2,1-2H3. The lowest BCUT2D eigenvalue weighted by Gasteiger charge is -2.35. The average molecular weight is 441 g/mol. The molecule has 1 atom stereocenters. The van der Waals surface area contributed by atoms with E-state index in [2.05, 4.69) is 36.8 Å². The van der Waals surface area contributed by atoms with Gasteiger partial charge in [-0.25, -0.2) is 8.42 Å². The number of likely N-dealkylation sites (tertiary alicyclic amines) is 1. The molecular formula is C13H19Br2N3O2S. The van der Waals surface area contributed by atoms with Gasteiger partial charge in [0.05, 0.1) is 5.69 Å². The van der Waals surface area contributed by atoms with Crippen molar-refractivity contribution < 1.29 is 8.42 Å². The third-order valence-corrected chi connectivity index (χ3v) is 7.16. The Labute approximate surface area is 142 Å². The summed E-state index contributed by atoms with van der Waals surface area (Å²) in [5.74, 6) is 0. The van der Waals surface area contributed by atoms with Gasteiger partial charge in [-0.1, -0.05) is 15.9 Å². The molecule has 2 rings (SSSR count). The summed E-state index contributed by atoms with van der Waals surface area (Å²) in [6.45, 7) is 1.75. The molecule has 0 saturated carbocycles. The van der Waals surface area contributed by atoms with Gasteiger partial charge in [-0.15, -0.1) is 0 Å². The van der Waals surface area contributed by atoms with Crippen molar-refractivity contribution in [3.05, 3.63) is 21.1 Å². The van der Waals surface area contributed by atoms with Gasteiger partial charge in [-0.2, -0.15) is 4.31 Å². The highest BCUT2D eigenvalue weighted by molar-refractivity contribution is 9.11. The van der Waals surface area contributed by atoms with Crippen LogP contribution < -0.4 is 5.73 Å². The van der Waals surface area contributed by atoms with Crippen molar-refractivity contribution in [1.29, 1.82) is 0 Å². The summed E-state index contributed by atoms with van der Waals surface area (Å²) in [4.78, 5) is 2.29. The summed E-state index contributed by atoms with van der Waals surface area (Å²) >= 11 is 6.62. The summed E-state index contributed by atoms with van der Waals surface area (Å²) in [6, 6.07) is 3.28. The van der Waals surface area contributed by atoms with Gasteiger partial charge >= 0.3 is 0 Å². The zero-order valence-corrected chi connectivity index (χ0v) is 16.0. The fraction of sp³-hybridized carbons (Fsp3) is 0.538. The molecule has 2 N–H and O–H groups in total. The zero-order valence-electron chi connectivity index (χ0n) is 12.0. The first-order valence-corrected chi connectivity index (χ1v) is 9.67. The van der Waals surface area contributed by atoms with Gasteiger partial charge in [-0.3, -0.25) is 0 Å². The minimum atomic E-state index is -3.63. The number of anilines is 1. The van der Waals surface area contributed by atoms with E-state index >= 15 is 0 Å². The third-order valence-electron chi connectivity index (χ3n) is 3.79. The predicted molar refractivity (Wildman–Crippen MR) is 91.7 cm³/mol. The minimum absolute atomic E-state index is 0.0244. The Morgan fingerprint density at radius 2 is 2.05 bits per heavy atom. The lowest BCUT2D eigenvalue weighted by molar-refractivity contribution is 0.187. The van der Waals surface area contributed by atoms with E-state index in [9.17, 15) is 8.42 Å². The molecular weight excluding hydrogens is 422 g/mol. The summed E-state index contributed by atoms with van der Waals surface area (Å²) in [7, 11) is 0.0163. The topological polar surface area (TPSA) is 66.6 Å². The second-order valence-electron chi connectivity index (χ2n) is 5.39. The van der Waals surface area contributed by atoms with Gasteiger partial charge < -0.3 is 10.6 Å². The van der Waals surface area contributed by atoms with Crippen LogP contribution in [0.3, 0.4) is 0 Å². The van der Waals surface area contributed by atoms with Crippen molar-refractivity contribution in [2.45, 2.75) is 23.8 Å². The number of nitrogen functional groups attached to an aromatic ring is 1. The number of piperidine rings is 1. The highest BCUT2D eigenvalue weighted by Crippen LogP contribution is 2.34. The second kappa shape index (κ2) is 6.54. The predicted octanol–water partition coefficient (Wildman–Crippen LogP) is 2.51. The first-order valence-electron chi connectivity index (χ1n) is 6.64. The van der Waals surface area contributed by atoms with Crippen LogP contribution in [0.5, 0.6) is 0 Å². The molecule has 0 aromatic heterocycles. The largest absolute Gasteiger partial charge is 0.398 e. The zero-order chi connectivity index (χ0) is 15.8. The molecule has 8 heteroatoms. The Bertz CT molecular complexity index is 613. The smallest absolute Gasteiger partial charge is 0.246 e. The van der Waals surface area contributed by atoms with Crippen molar-refractivity contribution in [1.82, 2.24) is 9.21 Å². The molecule has 0 radical (unpaired) electrons. The number of halogens is 2. The number of benzene rings is 1. The molecule has 1 unspecified atom stereocenters. The van der Waals surface area contributed by atoms with E-state index in [-0.39, 0.29) is 16.6 Å². The molecule has 5 nitrogen and oxygen atoms in total. The number of nitrogens with zero attached hydrogens (tertiary/aromatic N) is 2. The molecule has 0 amide bonds. The quantitative estimate of drug-likeness (QED) is 0.733. The Morgan fingerprint density at radius 3 is 2.62 bits per heavy atom. The number of hydrogen-bond acceptors (Lipinski definition) is 4. The Kier molecular flexibility index (Phi) is 5.36. The maximum Gasteiger partial charge on any atom is 0.246 e. The summed E-state index contributed by atoms with van der Waals surface area (Å²) in [5, 5.41) is 0. The molecule has 1 heterocycles. The molecule has 1 saturated heterocycles. The van der Waals surface area contributed by atoms with E-state index in [0.29, 0.717) is 4.47 Å². The number of nitrogens with two attached hydrogens (primary N) is 1. The highest BCUT2D eigenvalue weighted by Gasteiger charge is 2.33. The average Bonchev–Trinajstić information content (AvgIpc) is 2.36. The molecule has 1 fully saturated rings. The van der Waals surface area contributed by atoms with Crippen LogP contribution in [0.25, 0.3) is 0 Å². The Balaban J connectivity index is 2.38. The van der Waals surface area contributed by atoms with E-state index in [0.717, 1.165) is 30.4 Å². The van der Waals surface area contributed by atoms with Gasteiger partial charge in [0, 0.05) is 28.6 Å². The monoisotopic (exact) mass is 439 g/mol. The first-order chi connectivity index (χ1) is 9.73. The van der Waals surface area contributed by atoms with Gasteiger partial charge in [0.1, 0.15) is 4.90 Å². The number of sulfonamides is 1. The van der Waals surface area contributed by atoms with Crippen LogP contribution in [0.15, 0.2) is 26.0 Å². The molecule has 118 valence electrons. The number of rotatable bonds is 3. The molecule has 0 spiro atoms. The van der Waals surface area contributed by atoms with Crippen molar-refractivity contribution in [3.8, 4) is 0 Å². The maximum atomic E-state index is 12.9. The van der Waals surface area contributed by atoms with Crippen LogP contribution in [0.2, 0.25) is 0 Å². The van der Waals surface area contributed by atoms with Crippen LogP contribution in [-0.2, 0) is 10.0 Å². The lowest BCUT2D eigenvalue weighted by atomic mass is 10.1. The number of likely N-dealkylation sites (N-methyl/N-ethyl adjacent to an activating group) is 2. The fourth-order valence-electron chi connectivity index (χ4n) is 2.63. The fourth-order valence-corrected chi connectivity index (χ4v) is 6.02. The van der Waals surface area contributed by atoms with E-state index in [1.165, 1.54) is 4.31 Å². The molecule has 1 aliphatic rings. The molecule has 0 aliphatic carbocycles. The van der Waals surface area contributed by atoms with E-state index < -0.39 is 10.0 Å². The van der Waals surface area contributed by atoms with Crippen molar-refractivity contribution >= 4 is 47.6 Å². The van der Waals surface area contributed by atoms with E-state index in [1.807, 2.05) is 7.05 Å². The van der Waals surface area contributed by atoms with Crippen LogP contribution in [0.4, 0.5) is 5.69 Å². The number of hydrogen-bond donors (Lipinski definition) is 1. The minimum Gasteiger partial charge on any atom is -0.398 e. The SMILES string of the molecule is CN1CCCC(N(C)S(=O)(=O)c2c(N)cc(Br)cc2Br)C1. The maximum absolute atomic E-state index is 12.9. The van der Waals surface area contributed by atoms with E-state index in [4.69, 9.17) is 5.73 Å². The van der Waals surface area contributed by atoms with Crippen LogP contribution >= 0.6 is 31.9 Å². The molecule has 21 heavy (non-hydrogen) atoms. The van der Waals surface area contributed by atoms with Gasteiger partial charge in [-0.05, 0) is 54.5 Å². The molecule has 1 aliphatic heterocycles. The summed E-state index contributed by atoms with van der Waals surface area (Å²) < 4.78 is 28.4. The van der Waals surface area contributed by atoms with Crippen molar-refractivity contribution in [2.24, 2.45) is 0 Å². The normalized spacial score (nSPS) is 20.9. The Hall–Kier alpha value is -0.150. The Morgan fingerprint density at radius 1 is 1.38 bits per heavy atom. The van der Waals surface area contributed by atoms with Gasteiger partial charge in [0.25, 0.3) is 0 Å². The van der Waals surface area contributed by atoms with Crippen molar-refractivity contribution in [2.75, 3.05) is 32.9 Å². The van der Waals surface area contributed by atoms with Gasteiger partial charge in [0.2, 0.25) is 10.0 Å². The third kappa shape index (κ3) is 3.61. The molecule has 0 bridgehead atoms. The van der Waals surface area contributed by atoms with Crippen LogP contribution in [0, 0.1) is 0 Å². The van der Waals surface area contributed by atoms with Crippen molar-refractivity contribution in [3.63, 3.8) is 0 Å². The summed E-state index contributed by atoms with van der Waals surface area (Å²) in [5.41, 5.74) is 6.17. The molecule has 1 aromatic carbocycles. The molecule has 1 aromatic rings. The van der Waals surface area contributed by atoms with Crippen LogP contribution in [-0.4, -0.2) is 50.8 Å². The second-order valence-corrected chi connectivity index (χ2v) is 9.09. The first kappa shape index (κ1) is 17.2. The lowest BCUT2D eigenvalue weighted by Crippen LogP contribution is -2.47. The van der Waals surface area contributed by atoms with Gasteiger partial charge in [0.15, 0.2) is 0 Å². The van der Waals surface area contributed by atoms with E-state index in [1.54, 1.807) is 19.2 Å². The van der Waals surface area contributed by atoms with Crippen LogP contribution in [0.1, 0.15) is 12.8 Å². The highest BCUT2D eigenvalue weighted by atomic mass is 79.9.